The topological polar surface area (TPSA) is 98.2 Å². The van der Waals surface area contributed by atoms with Crippen LogP contribution in [0.1, 0.15) is 61.1 Å². The van der Waals surface area contributed by atoms with Crippen LogP contribution in [0, 0.1) is 0 Å². The summed E-state index contributed by atoms with van der Waals surface area (Å²) in [7, 11) is 0. The lowest BCUT2D eigenvalue weighted by atomic mass is 9.96. The normalized spacial score (nSPS) is 18.4. The van der Waals surface area contributed by atoms with Gasteiger partial charge in [0.25, 0.3) is 5.56 Å². The molecule has 2 aromatic heterocycles. The smallest absolute Gasteiger partial charge is 0.254 e. The molecule has 2 aliphatic heterocycles. The molecule has 0 unspecified atom stereocenters. The molecular weight excluding hydrogens is 456 g/mol. The summed E-state index contributed by atoms with van der Waals surface area (Å²) in [5, 5.41) is 14.0. The largest absolute Gasteiger partial charge is 0.486 e. The lowest BCUT2D eigenvalue weighted by Gasteiger charge is -2.37. The van der Waals surface area contributed by atoms with Crippen molar-refractivity contribution in [2.24, 2.45) is 0 Å². The summed E-state index contributed by atoms with van der Waals surface area (Å²) >= 11 is 0. The van der Waals surface area contributed by atoms with E-state index in [1.807, 2.05) is 22.9 Å². The van der Waals surface area contributed by atoms with E-state index in [2.05, 4.69) is 49.7 Å². The molecule has 1 aliphatic carbocycles. The number of H-pyrrole nitrogens is 1. The van der Waals surface area contributed by atoms with Crippen molar-refractivity contribution in [1.29, 1.82) is 0 Å². The van der Waals surface area contributed by atoms with Crippen LogP contribution in [-0.2, 0) is 6.42 Å². The highest BCUT2D eigenvalue weighted by Crippen LogP contribution is 2.40. The van der Waals surface area contributed by atoms with Crippen LogP contribution in [-0.4, -0.2) is 44.9 Å². The maximum atomic E-state index is 13.7. The van der Waals surface area contributed by atoms with Crippen molar-refractivity contribution < 1.29 is 9.47 Å². The Morgan fingerprint density at radius 1 is 1.00 bits per heavy atom. The third kappa shape index (κ3) is 3.53. The lowest BCUT2D eigenvalue weighted by Crippen LogP contribution is -2.38. The van der Waals surface area contributed by atoms with Gasteiger partial charge in [0.1, 0.15) is 19.3 Å². The Labute approximate surface area is 208 Å². The number of para-hydroxylation sites is 1. The quantitative estimate of drug-likeness (QED) is 0.468. The Morgan fingerprint density at radius 3 is 2.67 bits per heavy atom. The van der Waals surface area contributed by atoms with E-state index >= 15 is 0 Å². The Morgan fingerprint density at radius 2 is 1.81 bits per heavy atom. The minimum atomic E-state index is -0.414. The van der Waals surface area contributed by atoms with Crippen LogP contribution in [0.3, 0.4) is 0 Å². The first-order valence-electron chi connectivity index (χ1n) is 12.8. The summed E-state index contributed by atoms with van der Waals surface area (Å²) < 4.78 is 13.5. The van der Waals surface area contributed by atoms with Gasteiger partial charge in [-0.2, -0.15) is 0 Å². The van der Waals surface area contributed by atoms with Crippen LogP contribution in [0.2, 0.25) is 0 Å². The van der Waals surface area contributed by atoms with Crippen LogP contribution in [0.25, 0.3) is 10.9 Å². The number of hydrogen-bond donors (Lipinski definition) is 1. The van der Waals surface area contributed by atoms with Crippen LogP contribution in [0.5, 0.6) is 11.5 Å². The number of benzene rings is 2. The SMILES string of the molecule is O=c1[nH]c2cc3c(cc2cc1[C@@H](c1nnnn1C1CCCC1)N1CCCc2ccccc21)OCCO3. The predicted molar refractivity (Wildman–Crippen MR) is 135 cm³/mol. The van der Waals surface area contributed by atoms with Gasteiger partial charge in [0.05, 0.1) is 11.6 Å². The van der Waals surface area contributed by atoms with Gasteiger partial charge in [0, 0.05) is 29.2 Å². The molecule has 9 nitrogen and oxygen atoms in total. The highest BCUT2D eigenvalue weighted by Gasteiger charge is 2.35. The van der Waals surface area contributed by atoms with Crippen molar-refractivity contribution in [3.63, 3.8) is 0 Å². The highest BCUT2D eigenvalue weighted by molar-refractivity contribution is 5.83. The number of fused-ring (bicyclic) bond motifs is 3. The molecule has 7 rings (SSSR count). The summed E-state index contributed by atoms with van der Waals surface area (Å²) in [5.41, 5.74) is 3.63. The Kier molecular flexibility index (Phi) is 5.15. The number of aryl methyl sites for hydroxylation is 1. The second-order valence-corrected chi connectivity index (χ2v) is 9.89. The molecule has 4 aromatic rings. The van der Waals surface area contributed by atoms with Gasteiger partial charge in [0.2, 0.25) is 0 Å². The van der Waals surface area contributed by atoms with Gasteiger partial charge < -0.3 is 19.4 Å². The van der Waals surface area contributed by atoms with Gasteiger partial charge in [-0.3, -0.25) is 4.79 Å². The molecule has 4 heterocycles. The average Bonchev–Trinajstić information content (AvgIpc) is 3.61. The number of aromatic nitrogens is 5. The molecule has 0 spiro atoms. The molecular formula is C27H28N6O3. The minimum Gasteiger partial charge on any atom is -0.486 e. The second-order valence-electron chi connectivity index (χ2n) is 9.89. The van der Waals surface area contributed by atoms with Gasteiger partial charge in [-0.25, -0.2) is 4.68 Å². The molecule has 3 aliphatic rings. The number of anilines is 1. The van der Waals surface area contributed by atoms with E-state index in [1.54, 1.807) is 0 Å². The number of nitrogens with one attached hydrogen (secondary N) is 1. The third-order valence-electron chi connectivity index (χ3n) is 7.72. The summed E-state index contributed by atoms with van der Waals surface area (Å²) in [6.45, 7) is 1.83. The molecule has 2 aromatic carbocycles. The fraction of sp³-hybridized carbons (Fsp3) is 0.407. The number of tetrazole rings is 1. The van der Waals surface area contributed by atoms with E-state index in [1.165, 1.54) is 18.4 Å². The van der Waals surface area contributed by atoms with Crippen molar-refractivity contribution in [1.82, 2.24) is 25.2 Å². The molecule has 1 fully saturated rings. The minimum absolute atomic E-state index is 0.145. The van der Waals surface area contributed by atoms with Crippen LogP contribution >= 0.6 is 0 Å². The fourth-order valence-electron chi connectivity index (χ4n) is 6.03. The Bertz CT molecular complexity index is 1490. The van der Waals surface area contributed by atoms with E-state index in [0.717, 1.165) is 54.6 Å². The Hall–Kier alpha value is -3.88. The van der Waals surface area contributed by atoms with Gasteiger partial charge >= 0.3 is 0 Å². The van der Waals surface area contributed by atoms with Gasteiger partial charge in [-0.15, -0.1) is 5.10 Å². The fourth-order valence-corrected chi connectivity index (χ4v) is 6.03. The van der Waals surface area contributed by atoms with Gasteiger partial charge in [0.15, 0.2) is 17.3 Å². The van der Waals surface area contributed by atoms with E-state index in [-0.39, 0.29) is 11.6 Å². The molecule has 9 heteroatoms. The third-order valence-corrected chi connectivity index (χ3v) is 7.72. The molecule has 1 N–H and O–H groups in total. The predicted octanol–water partition coefficient (Wildman–Crippen LogP) is 3.94. The molecule has 0 saturated heterocycles. The standard InChI is InChI=1S/C27H28N6O3/c34-27-20(14-18-15-23-24(16-21(18)28-27)36-13-12-35-23)25(26-29-30-31-33(26)19-8-2-3-9-19)32-11-5-7-17-6-1-4-10-22(17)32/h1,4,6,10,14-16,19,25H,2-3,5,7-9,11-13H2,(H,28,34)/t25-/m0/s1. The Balaban J connectivity index is 1.43. The maximum absolute atomic E-state index is 13.7. The van der Waals surface area contributed by atoms with Crippen LogP contribution < -0.4 is 19.9 Å². The monoisotopic (exact) mass is 484 g/mol. The zero-order chi connectivity index (χ0) is 24.1. The van der Waals surface area contributed by atoms with E-state index in [4.69, 9.17) is 9.47 Å². The molecule has 36 heavy (non-hydrogen) atoms. The van der Waals surface area contributed by atoms with Gasteiger partial charge in [-0.05, 0) is 59.9 Å². The molecule has 1 saturated carbocycles. The molecule has 0 radical (unpaired) electrons. The number of hydrogen-bond acceptors (Lipinski definition) is 7. The number of ether oxygens (including phenoxy) is 2. The first-order valence-corrected chi connectivity index (χ1v) is 12.8. The molecule has 0 amide bonds. The molecule has 184 valence electrons. The second kappa shape index (κ2) is 8.65. The number of nitrogens with zero attached hydrogens (tertiary/aromatic N) is 5. The summed E-state index contributed by atoms with van der Waals surface area (Å²) in [6, 6.07) is 14.1. The zero-order valence-electron chi connectivity index (χ0n) is 20.0. The first-order chi connectivity index (χ1) is 17.8. The maximum Gasteiger partial charge on any atom is 0.254 e. The van der Waals surface area contributed by atoms with Gasteiger partial charge in [-0.1, -0.05) is 31.0 Å². The summed E-state index contributed by atoms with van der Waals surface area (Å²) in [5.74, 6) is 2.08. The molecule has 0 bridgehead atoms. The lowest BCUT2D eigenvalue weighted by molar-refractivity contribution is 0.172. The van der Waals surface area contributed by atoms with Crippen molar-refractivity contribution in [2.75, 3.05) is 24.7 Å². The van der Waals surface area contributed by atoms with Crippen LogP contribution in [0.4, 0.5) is 5.69 Å². The number of pyridine rings is 1. The summed E-state index contributed by atoms with van der Waals surface area (Å²) in [6.07, 6.45) is 6.47. The highest BCUT2D eigenvalue weighted by atomic mass is 16.6. The number of aromatic amines is 1. The summed E-state index contributed by atoms with van der Waals surface area (Å²) in [4.78, 5) is 19.1. The van der Waals surface area contributed by atoms with Crippen molar-refractivity contribution in [3.8, 4) is 11.5 Å². The molecule has 1 atom stereocenters. The van der Waals surface area contributed by atoms with E-state index in [9.17, 15) is 4.79 Å². The number of rotatable bonds is 4. The zero-order valence-corrected chi connectivity index (χ0v) is 20.0. The van der Waals surface area contributed by atoms with Crippen molar-refractivity contribution in [2.45, 2.75) is 50.6 Å². The first kappa shape index (κ1) is 21.4. The van der Waals surface area contributed by atoms with E-state index < -0.39 is 6.04 Å². The average molecular weight is 485 g/mol. The van der Waals surface area contributed by atoms with Crippen molar-refractivity contribution in [3.05, 3.63) is 69.8 Å². The van der Waals surface area contributed by atoms with E-state index in [0.29, 0.717) is 30.3 Å². The van der Waals surface area contributed by atoms with Crippen LogP contribution in [0.15, 0.2) is 47.3 Å². The van der Waals surface area contributed by atoms with Crippen molar-refractivity contribution >= 4 is 16.6 Å².